The number of nitrogens with zero attached hydrogens (tertiary/aromatic N) is 1. The minimum Gasteiger partial charge on any atom is -0.339 e. The van der Waals surface area contributed by atoms with Gasteiger partial charge in [-0.05, 0) is 47.9 Å². The molecule has 0 aromatic heterocycles. The number of nitrogens with one attached hydrogen (secondary N) is 1. The summed E-state index contributed by atoms with van der Waals surface area (Å²) in [6.07, 6.45) is 2.12. The Labute approximate surface area is 153 Å². The molecule has 0 saturated carbocycles. The first-order chi connectivity index (χ1) is 12.0. The van der Waals surface area contributed by atoms with Crippen molar-refractivity contribution in [1.82, 2.24) is 4.90 Å². The zero-order valence-corrected chi connectivity index (χ0v) is 15.7. The van der Waals surface area contributed by atoms with Crippen LogP contribution in [0.1, 0.15) is 24.5 Å². The number of hydrogen-bond donors (Lipinski definition) is 1. The van der Waals surface area contributed by atoms with E-state index in [1.165, 1.54) is 10.5 Å². The van der Waals surface area contributed by atoms with Crippen LogP contribution >= 0.6 is 11.8 Å². The van der Waals surface area contributed by atoms with E-state index < -0.39 is 0 Å². The van der Waals surface area contributed by atoms with E-state index >= 15 is 0 Å². The number of hydrogen-bond acceptors (Lipinski definition) is 3. The standard InChI is InChI=1S/C20H24N2O2S/c1-4-15-9-11-16(12-10-15)13-14-19(23)21-17-7-5-6-8-18(17)25-20(24)22(2)3/h5-12H,4,13-14H2,1-3H3,(H,21,23). The highest BCUT2D eigenvalue weighted by Gasteiger charge is 2.12. The smallest absolute Gasteiger partial charge is 0.286 e. The van der Waals surface area contributed by atoms with Gasteiger partial charge in [-0.1, -0.05) is 43.3 Å². The van der Waals surface area contributed by atoms with Crippen molar-refractivity contribution in [2.75, 3.05) is 19.4 Å². The molecule has 0 atom stereocenters. The van der Waals surface area contributed by atoms with Gasteiger partial charge >= 0.3 is 0 Å². The molecule has 0 aliphatic carbocycles. The molecule has 132 valence electrons. The average Bonchev–Trinajstić information content (AvgIpc) is 2.62. The monoisotopic (exact) mass is 356 g/mol. The van der Waals surface area contributed by atoms with Crippen LogP contribution < -0.4 is 5.32 Å². The summed E-state index contributed by atoms with van der Waals surface area (Å²) in [4.78, 5) is 26.4. The number of para-hydroxylation sites is 1. The number of aryl methyl sites for hydroxylation is 2. The second-order valence-electron chi connectivity index (χ2n) is 5.98. The van der Waals surface area contributed by atoms with Crippen molar-refractivity contribution in [1.29, 1.82) is 0 Å². The summed E-state index contributed by atoms with van der Waals surface area (Å²) in [5, 5.41) is 2.85. The number of rotatable bonds is 6. The van der Waals surface area contributed by atoms with Crippen LogP contribution in [0.25, 0.3) is 0 Å². The third-order valence-corrected chi connectivity index (χ3v) is 4.91. The average molecular weight is 356 g/mol. The number of amides is 2. The van der Waals surface area contributed by atoms with E-state index in [0.29, 0.717) is 18.5 Å². The number of carbonyl (C=O) groups is 2. The molecule has 0 saturated heterocycles. The second-order valence-corrected chi connectivity index (χ2v) is 6.97. The molecule has 2 aromatic rings. The lowest BCUT2D eigenvalue weighted by Crippen LogP contribution is -2.17. The van der Waals surface area contributed by atoms with Gasteiger partial charge in [-0.15, -0.1) is 0 Å². The van der Waals surface area contributed by atoms with Crippen molar-refractivity contribution in [3.05, 3.63) is 59.7 Å². The maximum Gasteiger partial charge on any atom is 0.286 e. The lowest BCUT2D eigenvalue weighted by atomic mass is 10.1. The van der Waals surface area contributed by atoms with Crippen LogP contribution in [-0.2, 0) is 17.6 Å². The fraction of sp³-hybridized carbons (Fsp3) is 0.300. The van der Waals surface area contributed by atoms with Gasteiger partial charge in [0.2, 0.25) is 5.91 Å². The predicted octanol–water partition coefficient (Wildman–Crippen LogP) is 4.59. The maximum absolute atomic E-state index is 12.3. The van der Waals surface area contributed by atoms with Crippen LogP contribution in [-0.4, -0.2) is 30.1 Å². The first-order valence-corrected chi connectivity index (χ1v) is 9.17. The van der Waals surface area contributed by atoms with E-state index in [2.05, 4.69) is 36.5 Å². The Kier molecular flexibility index (Phi) is 7.07. The summed E-state index contributed by atoms with van der Waals surface area (Å²) in [5.74, 6) is -0.0510. The number of benzene rings is 2. The van der Waals surface area contributed by atoms with Gasteiger partial charge < -0.3 is 10.2 Å². The minimum atomic E-state index is -0.0716. The van der Waals surface area contributed by atoms with Crippen molar-refractivity contribution >= 4 is 28.6 Å². The van der Waals surface area contributed by atoms with Gasteiger partial charge in [-0.3, -0.25) is 9.59 Å². The van der Waals surface area contributed by atoms with E-state index in [-0.39, 0.29) is 11.1 Å². The summed E-state index contributed by atoms with van der Waals surface area (Å²) >= 11 is 1.11. The third kappa shape index (κ3) is 5.94. The Hall–Kier alpha value is -2.27. The van der Waals surface area contributed by atoms with Crippen molar-refractivity contribution in [2.24, 2.45) is 0 Å². The summed E-state index contributed by atoms with van der Waals surface area (Å²) in [6.45, 7) is 2.12. The van der Waals surface area contributed by atoms with E-state index in [1.807, 2.05) is 24.3 Å². The van der Waals surface area contributed by atoms with Crippen LogP contribution in [0, 0.1) is 0 Å². The van der Waals surface area contributed by atoms with Crippen molar-refractivity contribution in [3.63, 3.8) is 0 Å². The molecule has 25 heavy (non-hydrogen) atoms. The topological polar surface area (TPSA) is 49.4 Å². The van der Waals surface area contributed by atoms with Crippen LogP contribution in [0.2, 0.25) is 0 Å². The number of thioether (sulfide) groups is 1. The molecule has 0 aliphatic rings. The third-order valence-electron chi connectivity index (χ3n) is 3.80. The van der Waals surface area contributed by atoms with Crippen molar-refractivity contribution < 1.29 is 9.59 Å². The van der Waals surface area contributed by atoms with Crippen LogP contribution in [0.3, 0.4) is 0 Å². The van der Waals surface area contributed by atoms with Crippen LogP contribution in [0.5, 0.6) is 0 Å². The zero-order chi connectivity index (χ0) is 18.2. The predicted molar refractivity (Wildman–Crippen MR) is 104 cm³/mol. The van der Waals surface area contributed by atoms with E-state index in [9.17, 15) is 9.59 Å². The van der Waals surface area contributed by atoms with Crippen molar-refractivity contribution in [3.8, 4) is 0 Å². The minimum absolute atomic E-state index is 0.0510. The highest BCUT2D eigenvalue weighted by molar-refractivity contribution is 8.13. The first-order valence-electron chi connectivity index (χ1n) is 8.35. The maximum atomic E-state index is 12.3. The molecule has 2 aromatic carbocycles. The molecular formula is C20H24N2O2S. The summed E-state index contributed by atoms with van der Waals surface area (Å²) in [7, 11) is 3.42. The van der Waals surface area contributed by atoms with Gasteiger partial charge in [0.25, 0.3) is 5.24 Å². The number of anilines is 1. The molecule has 5 heteroatoms. The Morgan fingerprint density at radius 2 is 1.64 bits per heavy atom. The van der Waals surface area contributed by atoms with Crippen molar-refractivity contribution in [2.45, 2.75) is 31.1 Å². The molecule has 2 amide bonds. The highest BCUT2D eigenvalue weighted by Crippen LogP contribution is 2.28. The lowest BCUT2D eigenvalue weighted by molar-refractivity contribution is -0.116. The normalized spacial score (nSPS) is 10.4. The van der Waals surface area contributed by atoms with Gasteiger partial charge in [0.15, 0.2) is 0 Å². The molecule has 2 rings (SSSR count). The van der Waals surface area contributed by atoms with Gasteiger partial charge in [0.05, 0.1) is 5.69 Å². The van der Waals surface area contributed by atoms with Crippen LogP contribution in [0.4, 0.5) is 10.5 Å². The zero-order valence-electron chi connectivity index (χ0n) is 14.9. The Morgan fingerprint density at radius 3 is 2.28 bits per heavy atom. The summed E-state index contributed by atoms with van der Waals surface area (Å²) in [5.41, 5.74) is 3.12. The lowest BCUT2D eigenvalue weighted by Gasteiger charge is -2.13. The highest BCUT2D eigenvalue weighted by atomic mass is 32.2. The fourth-order valence-electron chi connectivity index (χ4n) is 2.26. The molecule has 0 spiro atoms. The molecule has 1 N–H and O–H groups in total. The largest absolute Gasteiger partial charge is 0.339 e. The van der Waals surface area contributed by atoms with Gasteiger partial charge in [-0.25, -0.2) is 0 Å². The Balaban J connectivity index is 1.94. The van der Waals surface area contributed by atoms with Gasteiger partial charge in [-0.2, -0.15) is 0 Å². The van der Waals surface area contributed by atoms with Gasteiger partial charge in [0, 0.05) is 25.4 Å². The second kappa shape index (κ2) is 9.28. The Morgan fingerprint density at radius 1 is 1.00 bits per heavy atom. The molecule has 0 fully saturated rings. The van der Waals surface area contributed by atoms with E-state index in [1.54, 1.807) is 14.1 Å². The summed E-state index contributed by atoms with van der Waals surface area (Å²) in [6, 6.07) is 15.7. The molecule has 0 bridgehead atoms. The number of carbonyl (C=O) groups excluding carboxylic acids is 2. The van der Waals surface area contributed by atoms with Crippen LogP contribution in [0.15, 0.2) is 53.4 Å². The Bertz CT molecular complexity index is 727. The first kappa shape index (κ1) is 19.1. The molecule has 0 radical (unpaired) electrons. The SMILES string of the molecule is CCc1ccc(CCC(=O)Nc2ccccc2SC(=O)N(C)C)cc1. The molecular weight excluding hydrogens is 332 g/mol. The molecule has 4 nitrogen and oxygen atoms in total. The van der Waals surface area contributed by atoms with E-state index in [4.69, 9.17) is 0 Å². The fourth-order valence-corrected chi connectivity index (χ4v) is 3.00. The quantitative estimate of drug-likeness (QED) is 0.770. The van der Waals surface area contributed by atoms with E-state index in [0.717, 1.165) is 28.6 Å². The van der Waals surface area contributed by atoms with Gasteiger partial charge in [0.1, 0.15) is 0 Å². The molecule has 0 heterocycles. The summed E-state index contributed by atoms with van der Waals surface area (Å²) < 4.78 is 0. The molecule has 0 aliphatic heterocycles. The molecule has 0 unspecified atom stereocenters.